The highest BCUT2D eigenvalue weighted by atomic mass is 16.8. The summed E-state index contributed by atoms with van der Waals surface area (Å²) in [6, 6.07) is 23.4. The Morgan fingerprint density at radius 1 is 0.960 bits per heavy atom. The molecule has 0 N–H and O–H groups in total. The van der Waals surface area contributed by atoms with E-state index in [1.165, 1.54) is 0 Å². The molecule has 0 spiro atoms. The van der Waals surface area contributed by atoms with Crippen LogP contribution < -0.4 is 0 Å². The zero-order valence-electron chi connectivity index (χ0n) is 13.7. The van der Waals surface area contributed by atoms with E-state index >= 15 is 0 Å². The Hall–Kier alpha value is -2.91. The summed E-state index contributed by atoms with van der Waals surface area (Å²) < 4.78 is 11.9. The SMILES string of the molecule is C=CC[C@@]1(c2ccccc2)O[C@H](c2cccc3ccccc23)OC1=O. The van der Waals surface area contributed by atoms with Crippen molar-refractivity contribution in [3.05, 3.63) is 96.6 Å². The third-order valence-corrected chi connectivity index (χ3v) is 4.60. The number of benzene rings is 3. The Bertz CT molecular complexity index is 927. The van der Waals surface area contributed by atoms with E-state index in [1.807, 2.05) is 72.8 Å². The van der Waals surface area contributed by atoms with Crippen LogP contribution in [0.25, 0.3) is 10.8 Å². The molecule has 3 aromatic rings. The van der Waals surface area contributed by atoms with E-state index in [2.05, 4.69) is 6.58 Å². The van der Waals surface area contributed by atoms with Gasteiger partial charge in [-0.1, -0.05) is 78.9 Å². The van der Waals surface area contributed by atoms with Crippen molar-refractivity contribution in [1.82, 2.24) is 0 Å². The standard InChI is InChI=1S/C22H18O3/c1-2-15-22(17-11-4-3-5-12-17)21(23)24-20(25-22)19-14-8-10-16-9-6-7-13-18(16)19/h2-14,20H,1,15H2/t20-,22+/m1/s1. The van der Waals surface area contributed by atoms with Crippen molar-refractivity contribution in [1.29, 1.82) is 0 Å². The number of hydrogen-bond acceptors (Lipinski definition) is 3. The summed E-state index contributed by atoms with van der Waals surface area (Å²) in [4.78, 5) is 12.8. The van der Waals surface area contributed by atoms with Gasteiger partial charge in [0.25, 0.3) is 0 Å². The molecule has 0 radical (unpaired) electrons. The summed E-state index contributed by atoms with van der Waals surface area (Å²) in [7, 11) is 0. The van der Waals surface area contributed by atoms with Crippen LogP contribution in [-0.2, 0) is 19.9 Å². The third kappa shape index (κ3) is 2.53. The molecule has 124 valence electrons. The minimum atomic E-state index is -1.15. The highest BCUT2D eigenvalue weighted by Crippen LogP contribution is 2.45. The largest absolute Gasteiger partial charge is 0.429 e. The maximum absolute atomic E-state index is 12.8. The van der Waals surface area contributed by atoms with Gasteiger partial charge in [-0.3, -0.25) is 0 Å². The molecule has 0 aromatic heterocycles. The smallest absolute Gasteiger partial charge is 0.346 e. The van der Waals surface area contributed by atoms with E-state index in [1.54, 1.807) is 6.08 Å². The second kappa shape index (κ2) is 6.19. The molecule has 4 rings (SSSR count). The summed E-state index contributed by atoms with van der Waals surface area (Å²) in [6.45, 7) is 3.79. The van der Waals surface area contributed by atoms with Crippen LogP contribution in [0.5, 0.6) is 0 Å². The van der Waals surface area contributed by atoms with Gasteiger partial charge in [0, 0.05) is 12.0 Å². The van der Waals surface area contributed by atoms with Crippen LogP contribution in [0.1, 0.15) is 23.8 Å². The number of ether oxygens (including phenoxy) is 2. The second-order valence-electron chi connectivity index (χ2n) is 6.11. The maximum atomic E-state index is 12.8. The first kappa shape index (κ1) is 15.6. The van der Waals surface area contributed by atoms with Gasteiger partial charge in [0.1, 0.15) is 0 Å². The molecule has 1 aliphatic rings. The maximum Gasteiger partial charge on any atom is 0.346 e. The molecule has 3 aromatic carbocycles. The fourth-order valence-corrected chi connectivity index (χ4v) is 3.38. The third-order valence-electron chi connectivity index (χ3n) is 4.60. The molecule has 2 atom stereocenters. The average molecular weight is 330 g/mol. The van der Waals surface area contributed by atoms with E-state index in [4.69, 9.17) is 9.47 Å². The lowest BCUT2D eigenvalue weighted by Gasteiger charge is -2.23. The van der Waals surface area contributed by atoms with Crippen molar-refractivity contribution < 1.29 is 14.3 Å². The summed E-state index contributed by atoms with van der Waals surface area (Å²) in [5.41, 5.74) is 0.487. The summed E-state index contributed by atoms with van der Waals surface area (Å²) >= 11 is 0. The summed E-state index contributed by atoms with van der Waals surface area (Å²) in [5.74, 6) is -0.378. The second-order valence-corrected chi connectivity index (χ2v) is 6.11. The lowest BCUT2D eigenvalue weighted by molar-refractivity contribution is -0.145. The fourth-order valence-electron chi connectivity index (χ4n) is 3.38. The molecule has 1 heterocycles. The van der Waals surface area contributed by atoms with Crippen LogP contribution in [0.4, 0.5) is 0 Å². The van der Waals surface area contributed by atoms with Gasteiger partial charge in [-0.2, -0.15) is 0 Å². The highest BCUT2D eigenvalue weighted by Gasteiger charge is 2.51. The number of fused-ring (bicyclic) bond motifs is 1. The summed E-state index contributed by atoms with van der Waals surface area (Å²) in [5, 5.41) is 2.10. The number of carbonyl (C=O) groups is 1. The molecule has 0 unspecified atom stereocenters. The van der Waals surface area contributed by atoms with Crippen LogP contribution in [0.15, 0.2) is 85.5 Å². The van der Waals surface area contributed by atoms with Gasteiger partial charge in [0.2, 0.25) is 6.29 Å². The van der Waals surface area contributed by atoms with Gasteiger partial charge in [0.05, 0.1) is 0 Å². The predicted molar refractivity (Wildman–Crippen MR) is 96.8 cm³/mol. The van der Waals surface area contributed by atoms with Gasteiger partial charge < -0.3 is 9.47 Å². The minimum absolute atomic E-state index is 0.358. The van der Waals surface area contributed by atoms with Crippen molar-refractivity contribution in [2.75, 3.05) is 0 Å². The van der Waals surface area contributed by atoms with Crippen molar-refractivity contribution in [3.63, 3.8) is 0 Å². The van der Waals surface area contributed by atoms with E-state index in [-0.39, 0.29) is 5.97 Å². The van der Waals surface area contributed by atoms with Crippen LogP contribution in [0, 0.1) is 0 Å². The molecule has 1 fully saturated rings. The molecule has 0 bridgehead atoms. The van der Waals surface area contributed by atoms with E-state index in [9.17, 15) is 4.79 Å². The van der Waals surface area contributed by atoms with E-state index < -0.39 is 11.9 Å². The topological polar surface area (TPSA) is 35.5 Å². The average Bonchev–Trinajstić information content (AvgIpc) is 3.00. The molecule has 3 nitrogen and oxygen atoms in total. The number of esters is 1. The van der Waals surface area contributed by atoms with Crippen molar-refractivity contribution in [2.24, 2.45) is 0 Å². The summed E-state index contributed by atoms with van der Waals surface area (Å²) in [6.07, 6.45) is 1.32. The van der Waals surface area contributed by atoms with Crippen molar-refractivity contribution in [2.45, 2.75) is 18.3 Å². The molecule has 25 heavy (non-hydrogen) atoms. The first-order valence-corrected chi connectivity index (χ1v) is 8.27. The number of cyclic esters (lactones) is 1. The Morgan fingerprint density at radius 3 is 2.48 bits per heavy atom. The van der Waals surface area contributed by atoms with Gasteiger partial charge in [-0.05, 0) is 16.3 Å². The van der Waals surface area contributed by atoms with Crippen LogP contribution >= 0.6 is 0 Å². The van der Waals surface area contributed by atoms with Crippen LogP contribution in [-0.4, -0.2) is 5.97 Å². The Labute approximate surface area is 146 Å². The quantitative estimate of drug-likeness (QED) is 0.505. The molecule has 0 amide bonds. The van der Waals surface area contributed by atoms with Crippen molar-refractivity contribution >= 4 is 16.7 Å². The Balaban J connectivity index is 1.79. The number of rotatable bonds is 4. The molecule has 3 heteroatoms. The molecular weight excluding hydrogens is 312 g/mol. The number of hydrogen-bond donors (Lipinski definition) is 0. The molecule has 0 aliphatic carbocycles. The molecule has 1 saturated heterocycles. The molecular formula is C22H18O3. The van der Waals surface area contributed by atoms with Crippen LogP contribution in [0.3, 0.4) is 0 Å². The van der Waals surface area contributed by atoms with Crippen molar-refractivity contribution in [3.8, 4) is 0 Å². The van der Waals surface area contributed by atoms with E-state index in [0.717, 1.165) is 21.9 Å². The first-order chi connectivity index (χ1) is 12.2. The number of carbonyl (C=O) groups excluding carboxylic acids is 1. The fraction of sp³-hybridized carbons (Fsp3) is 0.136. The van der Waals surface area contributed by atoms with Gasteiger partial charge >= 0.3 is 5.97 Å². The van der Waals surface area contributed by atoms with E-state index in [0.29, 0.717) is 6.42 Å². The minimum Gasteiger partial charge on any atom is -0.429 e. The predicted octanol–water partition coefficient (Wildman–Crippen LogP) is 4.88. The molecule has 0 saturated carbocycles. The Kier molecular flexibility index (Phi) is 3.86. The zero-order valence-corrected chi connectivity index (χ0v) is 13.7. The molecule has 1 aliphatic heterocycles. The monoisotopic (exact) mass is 330 g/mol. The zero-order chi connectivity index (χ0) is 17.3. The lowest BCUT2D eigenvalue weighted by atomic mass is 9.90. The van der Waals surface area contributed by atoms with Gasteiger partial charge in [0.15, 0.2) is 5.60 Å². The van der Waals surface area contributed by atoms with Gasteiger partial charge in [-0.25, -0.2) is 4.79 Å². The first-order valence-electron chi connectivity index (χ1n) is 8.27. The van der Waals surface area contributed by atoms with Crippen LogP contribution in [0.2, 0.25) is 0 Å². The highest BCUT2D eigenvalue weighted by molar-refractivity contribution is 5.88. The Morgan fingerprint density at radius 2 is 1.68 bits per heavy atom. The van der Waals surface area contributed by atoms with Gasteiger partial charge in [-0.15, -0.1) is 6.58 Å². The normalized spacial score (nSPS) is 22.7. The lowest BCUT2D eigenvalue weighted by Crippen LogP contribution is -2.32.